The molecule has 3 heterocycles. The van der Waals surface area contributed by atoms with Gasteiger partial charge in [0.1, 0.15) is 5.69 Å². The third-order valence-corrected chi connectivity index (χ3v) is 5.99. The fourth-order valence-corrected chi connectivity index (χ4v) is 4.38. The van der Waals surface area contributed by atoms with E-state index < -0.39 is 0 Å². The molecule has 0 saturated carbocycles. The molecule has 0 radical (unpaired) electrons. The highest BCUT2D eigenvalue weighted by Gasteiger charge is 2.25. The number of piperidine rings is 1. The van der Waals surface area contributed by atoms with Gasteiger partial charge in [-0.05, 0) is 60.6 Å². The Kier molecular flexibility index (Phi) is 5.60. The highest BCUT2D eigenvalue weighted by Crippen LogP contribution is 2.33. The first kappa shape index (κ1) is 19.6. The Labute approximate surface area is 172 Å². The van der Waals surface area contributed by atoms with Gasteiger partial charge in [-0.2, -0.15) is 0 Å². The van der Waals surface area contributed by atoms with Crippen LogP contribution in [0.1, 0.15) is 41.4 Å². The minimum Gasteiger partial charge on any atom is -0.493 e. The first-order chi connectivity index (χ1) is 14.1. The van der Waals surface area contributed by atoms with E-state index in [1.165, 1.54) is 18.4 Å². The molecule has 1 aromatic carbocycles. The largest absolute Gasteiger partial charge is 0.493 e. The maximum absolute atomic E-state index is 13.2. The SMILES string of the molecule is COc1cc2c(cc1OC)CN(C(=O)c1cc(N3CCCC(C)C3)ccn1)CC2. The van der Waals surface area contributed by atoms with Crippen molar-refractivity contribution >= 4 is 11.6 Å². The van der Waals surface area contributed by atoms with E-state index in [1.807, 2.05) is 29.2 Å². The molecule has 0 N–H and O–H groups in total. The molecular weight excluding hydrogens is 366 g/mol. The maximum Gasteiger partial charge on any atom is 0.272 e. The van der Waals surface area contributed by atoms with Crippen molar-refractivity contribution in [1.82, 2.24) is 9.88 Å². The third-order valence-electron chi connectivity index (χ3n) is 5.99. The van der Waals surface area contributed by atoms with Crippen LogP contribution in [0.4, 0.5) is 5.69 Å². The number of carbonyl (C=O) groups is 1. The number of methoxy groups -OCH3 is 2. The van der Waals surface area contributed by atoms with Crippen LogP contribution >= 0.6 is 0 Å². The van der Waals surface area contributed by atoms with Crippen LogP contribution in [-0.4, -0.2) is 49.6 Å². The first-order valence-corrected chi connectivity index (χ1v) is 10.3. The molecule has 154 valence electrons. The van der Waals surface area contributed by atoms with Gasteiger partial charge in [0.2, 0.25) is 0 Å². The van der Waals surface area contributed by atoms with Crippen molar-refractivity contribution in [3.8, 4) is 11.5 Å². The lowest BCUT2D eigenvalue weighted by Gasteiger charge is -2.33. The van der Waals surface area contributed by atoms with Crippen molar-refractivity contribution in [2.45, 2.75) is 32.7 Å². The number of aromatic nitrogens is 1. The summed E-state index contributed by atoms with van der Waals surface area (Å²) in [4.78, 5) is 21.8. The average Bonchev–Trinajstić information content (AvgIpc) is 2.77. The molecule has 0 aliphatic carbocycles. The molecule has 1 aromatic heterocycles. The Bertz CT molecular complexity index is 899. The second kappa shape index (κ2) is 8.31. The van der Waals surface area contributed by atoms with E-state index in [-0.39, 0.29) is 5.91 Å². The van der Waals surface area contributed by atoms with Gasteiger partial charge in [0.25, 0.3) is 5.91 Å². The molecule has 29 heavy (non-hydrogen) atoms. The fourth-order valence-electron chi connectivity index (χ4n) is 4.38. The van der Waals surface area contributed by atoms with Crippen LogP contribution in [0.5, 0.6) is 11.5 Å². The number of hydrogen-bond donors (Lipinski definition) is 0. The lowest BCUT2D eigenvalue weighted by atomic mass is 9.98. The van der Waals surface area contributed by atoms with E-state index in [0.29, 0.717) is 30.5 Å². The van der Waals surface area contributed by atoms with Crippen molar-refractivity contribution in [1.29, 1.82) is 0 Å². The van der Waals surface area contributed by atoms with Crippen LogP contribution in [-0.2, 0) is 13.0 Å². The molecule has 1 atom stereocenters. The summed E-state index contributed by atoms with van der Waals surface area (Å²) < 4.78 is 10.8. The number of benzene rings is 1. The minimum atomic E-state index is -0.0163. The summed E-state index contributed by atoms with van der Waals surface area (Å²) in [6.45, 7) is 5.60. The zero-order valence-corrected chi connectivity index (χ0v) is 17.5. The van der Waals surface area contributed by atoms with Crippen LogP contribution in [0.3, 0.4) is 0 Å². The van der Waals surface area contributed by atoms with Crippen molar-refractivity contribution in [2.75, 3.05) is 38.8 Å². The summed E-state index contributed by atoms with van der Waals surface area (Å²) in [6.07, 6.45) is 5.02. The molecule has 1 unspecified atom stereocenters. The Morgan fingerprint density at radius 1 is 1.10 bits per heavy atom. The van der Waals surface area contributed by atoms with Crippen LogP contribution in [0.2, 0.25) is 0 Å². The predicted octanol–water partition coefficient (Wildman–Crippen LogP) is 3.53. The lowest BCUT2D eigenvalue weighted by molar-refractivity contribution is 0.0728. The van der Waals surface area contributed by atoms with Crippen molar-refractivity contribution in [3.63, 3.8) is 0 Å². The molecule has 1 fully saturated rings. The molecule has 6 heteroatoms. The Morgan fingerprint density at radius 2 is 1.86 bits per heavy atom. The minimum absolute atomic E-state index is 0.0163. The summed E-state index contributed by atoms with van der Waals surface area (Å²) >= 11 is 0. The summed E-state index contributed by atoms with van der Waals surface area (Å²) in [5, 5.41) is 0. The second-order valence-corrected chi connectivity index (χ2v) is 8.05. The summed E-state index contributed by atoms with van der Waals surface area (Å²) in [5.41, 5.74) is 3.92. The Balaban J connectivity index is 1.53. The van der Waals surface area contributed by atoms with Gasteiger partial charge in [-0.1, -0.05) is 6.92 Å². The fraction of sp³-hybridized carbons (Fsp3) is 0.478. The van der Waals surface area contributed by atoms with Crippen LogP contribution < -0.4 is 14.4 Å². The van der Waals surface area contributed by atoms with E-state index in [4.69, 9.17) is 9.47 Å². The summed E-state index contributed by atoms with van der Waals surface area (Å²) in [5.74, 6) is 2.09. The second-order valence-electron chi connectivity index (χ2n) is 8.05. The van der Waals surface area contributed by atoms with Crippen LogP contribution in [0, 0.1) is 5.92 Å². The van der Waals surface area contributed by atoms with E-state index in [9.17, 15) is 4.79 Å². The molecule has 2 aliphatic heterocycles. The number of hydrogen-bond acceptors (Lipinski definition) is 5. The highest BCUT2D eigenvalue weighted by atomic mass is 16.5. The smallest absolute Gasteiger partial charge is 0.272 e. The normalized spacial score (nSPS) is 18.9. The molecule has 6 nitrogen and oxygen atoms in total. The van der Waals surface area contributed by atoms with Gasteiger partial charge in [-0.3, -0.25) is 9.78 Å². The topological polar surface area (TPSA) is 54.9 Å². The van der Waals surface area contributed by atoms with Crippen molar-refractivity contribution in [3.05, 3.63) is 47.3 Å². The van der Waals surface area contributed by atoms with Gasteiger partial charge in [-0.15, -0.1) is 0 Å². The van der Waals surface area contributed by atoms with Crippen LogP contribution in [0.15, 0.2) is 30.5 Å². The number of rotatable bonds is 4. The predicted molar refractivity (Wildman–Crippen MR) is 113 cm³/mol. The summed E-state index contributed by atoms with van der Waals surface area (Å²) in [6, 6.07) is 7.96. The highest BCUT2D eigenvalue weighted by molar-refractivity contribution is 5.93. The van der Waals surface area contributed by atoms with Crippen molar-refractivity contribution in [2.24, 2.45) is 5.92 Å². The van der Waals surface area contributed by atoms with E-state index in [0.717, 1.165) is 36.5 Å². The number of fused-ring (bicyclic) bond motifs is 1. The van der Waals surface area contributed by atoms with E-state index in [2.05, 4.69) is 16.8 Å². The van der Waals surface area contributed by atoms with Gasteiger partial charge in [-0.25, -0.2) is 0 Å². The van der Waals surface area contributed by atoms with E-state index in [1.54, 1.807) is 20.4 Å². The Hall–Kier alpha value is -2.76. The third kappa shape index (κ3) is 4.02. The van der Waals surface area contributed by atoms with E-state index >= 15 is 0 Å². The van der Waals surface area contributed by atoms with Gasteiger partial charge >= 0.3 is 0 Å². The number of ether oxygens (including phenoxy) is 2. The van der Waals surface area contributed by atoms with Gasteiger partial charge < -0.3 is 19.3 Å². The number of anilines is 1. The number of nitrogens with zero attached hydrogens (tertiary/aromatic N) is 3. The van der Waals surface area contributed by atoms with Gasteiger partial charge in [0, 0.05) is 38.1 Å². The zero-order valence-electron chi connectivity index (χ0n) is 17.5. The molecule has 1 amide bonds. The van der Waals surface area contributed by atoms with Gasteiger partial charge in [0.15, 0.2) is 11.5 Å². The maximum atomic E-state index is 13.2. The molecule has 0 bridgehead atoms. The standard InChI is InChI=1S/C23H29N3O3/c1-16-5-4-9-25(14-16)19-6-8-24-20(13-19)23(27)26-10-7-17-11-21(28-2)22(29-3)12-18(17)15-26/h6,8,11-13,16H,4-5,7,9-10,14-15H2,1-3H3. The average molecular weight is 396 g/mol. The zero-order chi connectivity index (χ0) is 20.4. The first-order valence-electron chi connectivity index (χ1n) is 10.3. The van der Waals surface area contributed by atoms with Crippen LogP contribution in [0.25, 0.3) is 0 Å². The molecule has 2 aromatic rings. The molecular formula is C23H29N3O3. The Morgan fingerprint density at radius 3 is 2.59 bits per heavy atom. The molecule has 4 rings (SSSR count). The summed E-state index contributed by atoms with van der Waals surface area (Å²) in [7, 11) is 3.28. The quantitative estimate of drug-likeness (QED) is 0.793. The molecule has 1 saturated heterocycles. The number of pyridine rings is 1. The van der Waals surface area contributed by atoms with Crippen molar-refractivity contribution < 1.29 is 14.3 Å². The number of carbonyl (C=O) groups excluding carboxylic acids is 1. The monoisotopic (exact) mass is 395 g/mol. The van der Waals surface area contributed by atoms with Gasteiger partial charge in [0.05, 0.1) is 14.2 Å². The molecule has 2 aliphatic rings. The number of amides is 1. The lowest BCUT2D eigenvalue weighted by Crippen LogP contribution is -2.37. The molecule has 0 spiro atoms.